The standard InChI is InChI=1S/C15H17N7O2/c1-9(2)15(24)17-12-7-21(20-18-12)8-13(23)22-11-6-4-3-5-10(11)14(16)19-22/h3-7,9H,8H2,1-2H3,(H2,16,19)(H,17,24). The first-order chi connectivity index (χ1) is 11.5. The SMILES string of the molecule is CC(C)C(=O)Nc1cn(CC(=O)n2nc(N)c3ccccc32)nn1. The van der Waals surface area contributed by atoms with E-state index in [1.807, 2.05) is 12.1 Å². The number of nitrogens with two attached hydrogens (primary N) is 1. The van der Waals surface area contributed by atoms with Crippen molar-refractivity contribution in [3.05, 3.63) is 30.5 Å². The van der Waals surface area contributed by atoms with Gasteiger partial charge in [-0.3, -0.25) is 9.59 Å². The molecule has 0 aliphatic carbocycles. The fourth-order valence-electron chi connectivity index (χ4n) is 2.19. The molecule has 0 atom stereocenters. The Balaban J connectivity index is 1.77. The number of fused-ring (bicyclic) bond motifs is 1. The monoisotopic (exact) mass is 327 g/mol. The van der Waals surface area contributed by atoms with Crippen LogP contribution in [-0.4, -0.2) is 36.6 Å². The van der Waals surface area contributed by atoms with E-state index in [4.69, 9.17) is 5.73 Å². The van der Waals surface area contributed by atoms with Gasteiger partial charge in [0.05, 0.1) is 11.7 Å². The topological polar surface area (TPSA) is 121 Å². The predicted octanol–water partition coefficient (Wildman–Crippen LogP) is 1.14. The first-order valence-corrected chi connectivity index (χ1v) is 7.43. The van der Waals surface area contributed by atoms with E-state index in [0.29, 0.717) is 22.5 Å². The summed E-state index contributed by atoms with van der Waals surface area (Å²) in [5.74, 6) is -0.0577. The third kappa shape index (κ3) is 2.96. The fourth-order valence-corrected chi connectivity index (χ4v) is 2.19. The van der Waals surface area contributed by atoms with E-state index in [0.717, 1.165) is 0 Å². The summed E-state index contributed by atoms with van der Waals surface area (Å²) in [6.45, 7) is 3.47. The van der Waals surface area contributed by atoms with Crippen LogP contribution >= 0.6 is 0 Å². The molecule has 0 unspecified atom stereocenters. The molecule has 9 heteroatoms. The maximum Gasteiger partial charge on any atom is 0.269 e. The van der Waals surface area contributed by atoms with Crippen molar-refractivity contribution >= 4 is 34.4 Å². The number of amides is 1. The molecule has 0 spiro atoms. The number of anilines is 2. The van der Waals surface area contributed by atoms with Crippen molar-refractivity contribution in [1.29, 1.82) is 0 Å². The largest absolute Gasteiger partial charge is 0.382 e. The summed E-state index contributed by atoms with van der Waals surface area (Å²) in [5, 5.41) is 15.1. The molecule has 3 rings (SSSR count). The normalized spacial score (nSPS) is 11.1. The van der Waals surface area contributed by atoms with Crippen molar-refractivity contribution in [2.24, 2.45) is 5.92 Å². The molecule has 2 heterocycles. The van der Waals surface area contributed by atoms with Crippen LogP contribution in [0.1, 0.15) is 18.6 Å². The number of aromatic nitrogens is 5. The molecular weight excluding hydrogens is 310 g/mol. The van der Waals surface area contributed by atoms with Gasteiger partial charge in [-0.15, -0.1) is 10.2 Å². The Morgan fingerprint density at radius 1 is 1.29 bits per heavy atom. The zero-order valence-electron chi connectivity index (χ0n) is 13.3. The lowest BCUT2D eigenvalue weighted by Gasteiger charge is -2.03. The highest BCUT2D eigenvalue weighted by atomic mass is 16.2. The van der Waals surface area contributed by atoms with E-state index < -0.39 is 0 Å². The van der Waals surface area contributed by atoms with Crippen LogP contribution in [0.25, 0.3) is 10.9 Å². The Hall–Kier alpha value is -3.23. The van der Waals surface area contributed by atoms with Gasteiger partial charge in [-0.2, -0.15) is 4.68 Å². The summed E-state index contributed by atoms with van der Waals surface area (Å²) >= 11 is 0. The highest BCUT2D eigenvalue weighted by Gasteiger charge is 2.16. The van der Waals surface area contributed by atoms with Gasteiger partial charge in [0.25, 0.3) is 5.91 Å². The molecule has 0 saturated carbocycles. The third-order valence-corrected chi connectivity index (χ3v) is 3.46. The lowest BCUT2D eigenvalue weighted by atomic mass is 10.2. The number of nitrogens with zero attached hydrogens (tertiary/aromatic N) is 5. The van der Waals surface area contributed by atoms with Crippen LogP contribution in [0, 0.1) is 5.92 Å². The summed E-state index contributed by atoms with van der Waals surface area (Å²) < 4.78 is 2.59. The number of nitrogens with one attached hydrogen (secondary N) is 1. The van der Waals surface area contributed by atoms with Crippen molar-refractivity contribution in [2.75, 3.05) is 11.1 Å². The summed E-state index contributed by atoms with van der Waals surface area (Å²) in [7, 11) is 0. The van der Waals surface area contributed by atoms with Gasteiger partial charge in [0.1, 0.15) is 6.54 Å². The highest BCUT2D eigenvalue weighted by molar-refractivity contribution is 5.96. The van der Waals surface area contributed by atoms with Gasteiger partial charge in [0, 0.05) is 11.3 Å². The Bertz CT molecular complexity index is 910. The average Bonchev–Trinajstić information content (AvgIpc) is 3.12. The molecule has 1 amide bonds. The Morgan fingerprint density at radius 3 is 2.79 bits per heavy atom. The van der Waals surface area contributed by atoms with Crippen molar-refractivity contribution < 1.29 is 9.59 Å². The van der Waals surface area contributed by atoms with Gasteiger partial charge in [0.2, 0.25) is 5.91 Å². The van der Waals surface area contributed by atoms with Crippen molar-refractivity contribution in [3.8, 4) is 0 Å². The molecule has 124 valence electrons. The molecule has 24 heavy (non-hydrogen) atoms. The molecular formula is C15H17N7O2. The van der Waals surface area contributed by atoms with E-state index in [9.17, 15) is 9.59 Å². The number of benzene rings is 1. The highest BCUT2D eigenvalue weighted by Crippen LogP contribution is 2.19. The smallest absolute Gasteiger partial charge is 0.269 e. The molecule has 1 aromatic carbocycles. The average molecular weight is 327 g/mol. The second-order valence-corrected chi connectivity index (χ2v) is 5.65. The van der Waals surface area contributed by atoms with Crippen LogP contribution in [0.3, 0.4) is 0 Å². The lowest BCUT2D eigenvalue weighted by molar-refractivity contribution is -0.118. The lowest BCUT2D eigenvalue weighted by Crippen LogP contribution is -2.19. The molecule has 2 aromatic heterocycles. The number of para-hydroxylation sites is 1. The Kier molecular flexibility index (Phi) is 3.98. The second-order valence-electron chi connectivity index (χ2n) is 5.65. The van der Waals surface area contributed by atoms with E-state index in [1.165, 1.54) is 15.6 Å². The predicted molar refractivity (Wildman–Crippen MR) is 88.3 cm³/mol. The first kappa shape index (κ1) is 15.7. The van der Waals surface area contributed by atoms with Gasteiger partial charge in [-0.25, -0.2) is 4.68 Å². The zero-order valence-corrected chi connectivity index (χ0v) is 13.3. The minimum absolute atomic E-state index is 0.0737. The maximum atomic E-state index is 12.5. The van der Waals surface area contributed by atoms with E-state index >= 15 is 0 Å². The van der Waals surface area contributed by atoms with Crippen LogP contribution < -0.4 is 11.1 Å². The summed E-state index contributed by atoms with van der Waals surface area (Å²) in [4.78, 5) is 24.1. The van der Waals surface area contributed by atoms with E-state index in [2.05, 4.69) is 20.7 Å². The maximum absolute atomic E-state index is 12.5. The van der Waals surface area contributed by atoms with Gasteiger partial charge >= 0.3 is 0 Å². The molecule has 9 nitrogen and oxygen atoms in total. The summed E-state index contributed by atoms with van der Waals surface area (Å²) in [6.07, 6.45) is 1.49. The van der Waals surface area contributed by atoms with Crippen LogP contribution in [0.5, 0.6) is 0 Å². The van der Waals surface area contributed by atoms with Crippen molar-refractivity contribution in [2.45, 2.75) is 20.4 Å². The molecule has 0 bridgehead atoms. The summed E-state index contributed by atoms with van der Waals surface area (Å²) in [5.41, 5.74) is 6.46. The fraction of sp³-hybridized carbons (Fsp3) is 0.267. The number of carbonyl (C=O) groups excluding carboxylic acids is 2. The van der Waals surface area contributed by atoms with E-state index in [-0.39, 0.29) is 24.3 Å². The van der Waals surface area contributed by atoms with Crippen LogP contribution in [-0.2, 0) is 11.3 Å². The second kappa shape index (κ2) is 6.11. The van der Waals surface area contributed by atoms with Gasteiger partial charge in [-0.05, 0) is 12.1 Å². The third-order valence-electron chi connectivity index (χ3n) is 3.46. The molecule has 0 aliphatic heterocycles. The van der Waals surface area contributed by atoms with Crippen LogP contribution in [0.2, 0.25) is 0 Å². The quantitative estimate of drug-likeness (QED) is 0.741. The van der Waals surface area contributed by atoms with E-state index in [1.54, 1.807) is 26.0 Å². The number of hydrogen-bond donors (Lipinski definition) is 2. The zero-order chi connectivity index (χ0) is 17.3. The van der Waals surface area contributed by atoms with Gasteiger partial charge < -0.3 is 11.1 Å². The van der Waals surface area contributed by atoms with Gasteiger partial charge in [0.15, 0.2) is 11.6 Å². The first-order valence-electron chi connectivity index (χ1n) is 7.43. The molecule has 0 fully saturated rings. The number of nitrogen functional groups attached to an aromatic ring is 1. The summed E-state index contributed by atoms with van der Waals surface area (Å²) in [6, 6.07) is 7.21. The molecule has 0 saturated heterocycles. The molecule has 0 aliphatic rings. The Morgan fingerprint density at radius 2 is 2.04 bits per heavy atom. The minimum Gasteiger partial charge on any atom is -0.382 e. The molecule has 0 radical (unpaired) electrons. The van der Waals surface area contributed by atoms with Crippen molar-refractivity contribution in [1.82, 2.24) is 24.8 Å². The number of hydrogen-bond acceptors (Lipinski definition) is 6. The molecule has 3 aromatic rings. The van der Waals surface area contributed by atoms with Crippen LogP contribution in [0.15, 0.2) is 30.5 Å². The Labute approximate surface area is 137 Å². The number of rotatable bonds is 4. The van der Waals surface area contributed by atoms with Gasteiger partial charge in [-0.1, -0.05) is 31.2 Å². The van der Waals surface area contributed by atoms with Crippen LogP contribution in [0.4, 0.5) is 11.6 Å². The number of carbonyl (C=O) groups is 2. The minimum atomic E-state index is -0.311. The van der Waals surface area contributed by atoms with Crippen molar-refractivity contribution in [3.63, 3.8) is 0 Å². The molecule has 3 N–H and O–H groups in total.